The molecule has 6 heteroatoms. The fraction of sp³-hybridized carbons (Fsp3) is 0.308. The first-order valence-corrected chi connectivity index (χ1v) is 6.08. The summed E-state index contributed by atoms with van der Waals surface area (Å²) in [4.78, 5) is 0. The van der Waals surface area contributed by atoms with E-state index in [1.54, 1.807) is 10.7 Å². The van der Waals surface area contributed by atoms with Gasteiger partial charge in [0.2, 0.25) is 0 Å². The van der Waals surface area contributed by atoms with Crippen LogP contribution in [-0.2, 0) is 0 Å². The van der Waals surface area contributed by atoms with Crippen molar-refractivity contribution in [1.29, 1.82) is 0 Å². The molecule has 2 aromatic rings. The van der Waals surface area contributed by atoms with Crippen molar-refractivity contribution >= 4 is 17.3 Å². The lowest BCUT2D eigenvalue weighted by Gasteiger charge is -2.09. The first-order valence-electron chi connectivity index (χ1n) is 6.08. The molecule has 0 saturated heterocycles. The molecule has 0 aliphatic rings. The number of phenols is 1. The van der Waals surface area contributed by atoms with Crippen molar-refractivity contribution in [3.63, 3.8) is 0 Å². The van der Waals surface area contributed by atoms with Gasteiger partial charge < -0.3 is 21.1 Å². The molecule has 0 bridgehead atoms. The number of phenolic OH excluding ortho intramolecular Hbond substituents is 1. The smallest absolute Gasteiger partial charge is 0.174 e. The minimum atomic E-state index is 0.282. The number of aromatic nitrogens is 2. The van der Waals surface area contributed by atoms with E-state index in [-0.39, 0.29) is 5.75 Å². The zero-order valence-corrected chi connectivity index (χ0v) is 11.6. The van der Waals surface area contributed by atoms with Crippen LogP contribution in [0.5, 0.6) is 5.75 Å². The fourth-order valence-electron chi connectivity index (χ4n) is 2.02. The molecule has 4 N–H and O–H groups in total. The molecule has 0 unspecified atom stereocenters. The van der Waals surface area contributed by atoms with E-state index in [9.17, 15) is 5.11 Å². The lowest BCUT2D eigenvalue weighted by Crippen LogP contribution is -2.04. The van der Waals surface area contributed by atoms with E-state index in [2.05, 4.69) is 21.0 Å². The maximum Gasteiger partial charge on any atom is 0.174 e. The molecular formula is C13H19N5O. The quantitative estimate of drug-likeness (QED) is 0.677. The summed E-state index contributed by atoms with van der Waals surface area (Å²) in [5, 5.41) is 23.4. The first kappa shape index (κ1) is 13.1. The minimum absolute atomic E-state index is 0.282. The fourth-order valence-corrected chi connectivity index (χ4v) is 2.02. The van der Waals surface area contributed by atoms with Crippen LogP contribution < -0.4 is 16.0 Å². The number of hydrogen-bond acceptors (Lipinski definition) is 5. The molecule has 0 aliphatic carbocycles. The second-order valence-corrected chi connectivity index (χ2v) is 4.20. The van der Waals surface area contributed by atoms with Crippen LogP contribution in [0.15, 0.2) is 18.2 Å². The van der Waals surface area contributed by atoms with Crippen molar-refractivity contribution in [2.75, 3.05) is 37.1 Å². The second-order valence-electron chi connectivity index (χ2n) is 4.20. The highest BCUT2D eigenvalue weighted by atomic mass is 16.3. The number of nitrogens with zero attached hydrogens (tertiary/aromatic N) is 2. The topological polar surface area (TPSA) is 74.1 Å². The van der Waals surface area contributed by atoms with Crippen LogP contribution in [0.1, 0.15) is 5.56 Å². The van der Waals surface area contributed by atoms with Gasteiger partial charge in [-0.1, -0.05) is 0 Å². The summed E-state index contributed by atoms with van der Waals surface area (Å²) in [6.45, 7) is 1.86. The summed E-state index contributed by atoms with van der Waals surface area (Å²) >= 11 is 0. The number of aromatic hydroxyl groups is 1. The number of aryl methyl sites for hydroxylation is 1. The van der Waals surface area contributed by atoms with Crippen molar-refractivity contribution in [3.8, 4) is 11.4 Å². The zero-order valence-electron chi connectivity index (χ0n) is 11.6. The lowest BCUT2D eigenvalue weighted by atomic mass is 10.2. The van der Waals surface area contributed by atoms with Gasteiger partial charge >= 0.3 is 0 Å². The number of anilines is 3. The van der Waals surface area contributed by atoms with Gasteiger partial charge in [-0.3, -0.25) is 0 Å². The lowest BCUT2D eigenvalue weighted by molar-refractivity contribution is 0.471. The highest BCUT2D eigenvalue weighted by molar-refractivity contribution is 5.79. The van der Waals surface area contributed by atoms with Crippen molar-refractivity contribution < 1.29 is 5.11 Å². The first-order chi connectivity index (χ1) is 9.12. The minimum Gasteiger partial charge on any atom is -0.508 e. The largest absolute Gasteiger partial charge is 0.508 e. The Hall–Kier alpha value is -2.37. The predicted octanol–water partition coefficient (Wildman–Crippen LogP) is 2.01. The van der Waals surface area contributed by atoms with Gasteiger partial charge in [0.1, 0.15) is 11.4 Å². The van der Waals surface area contributed by atoms with Crippen LogP contribution in [0, 0.1) is 6.92 Å². The average molecular weight is 261 g/mol. The molecule has 2 rings (SSSR count). The average Bonchev–Trinajstić information content (AvgIpc) is 2.79. The summed E-state index contributed by atoms with van der Waals surface area (Å²) in [5.74, 6) is 1.90. The molecule has 0 saturated carbocycles. The Kier molecular flexibility index (Phi) is 3.50. The molecule has 0 radical (unpaired) electrons. The van der Waals surface area contributed by atoms with E-state index in [0.29, 0.717) is 0 Å². The normalized spacial score (nSPS) is 10.3. The molecule has 0 fully saturated rings. The highest BCUT2D eigenvalue weighted by Gasteiger charge is 2.16. The van der Waals surface area contributed by atoms with Crippen molar-refractivity contribution in [3.05, 3.63) is 23.8 Å². The molecule has 19 heavy (non-hydrogen) atoms. The molecule has 102 valence electrons. The van der Waals surface area contributed by atoms with Crippen LogP contribution in [0.2, 0.25) is 0 Å². The molecule has 1 heterocycles. The van der Waals surface area contributed by atoms with Crippen molar-refractivity contribution in [2.24, 2.45) is 0 Å². The third kappa shape index (κ3) is 2.16. The Bertz CT molecular complexity index is 591. The van der Waals surface area contributed by atoms with Gasteiger partial charge in [0.25, 0.3) is 0 Å². The maximum atomic E-state index is 9.60. The third-order valence-corrected chi connectivity index (χ3v) is 3.03. The van der Waals surface area contributed by atoms with Gasteiger partial charge in [-0.15, -0.1) is 5.10 Å². The van der Waals surface area contributed by atoms with E-state index in [1.807, 2.05) is 40.2 Å². The van der Waals surface area contributed by atoms with Crippen LogP contribution >= 0.6 is 0 Å². The molecular weight excluding hydrogens is 242 g/mol. The van der Waals surface area contributed by atoms with Gasteiger partial charge in [-0.25, -0.2) is 4.68 Å². The third-order valence-electron chi connectivity index (χ3n) is 3.03. The predicted molar refractivity (Wildman–Crippen MR) is 78.6 cm³/mol. The molecule has 6 nitrogen and oxygen atoms in total. The number of hydrogen-bond donors (Lipinski definition) is 4. The Labute approximate surface area is 112 Å². The van der Waals surface area contributed by atoms with Crippen LogP contribution in [0.4, 0.5) is 17.3 Å². The molecule has 0 spiro atoms. The van der Waals surface area contributed by atoms with Gasteiger partial charge in [-0.2, -0.15) is 0 Å². The van der Waals surface area contributed by atoms with Crippen LogP contribution in [-0.4, -0.2) is 36.0 Å². The molecule has 0 aliphatic heterocycles. The Balaban J connectivity index is 2.60. The van der Waals surface area contributed by atoms with Crippen molar-refractivity contribution in [2.45, 2.75) is 6.92 Å². The summed E-state index contributed by atoms with van der Waals surface area (Å²) in [6.07, 6.45) is 0. The zero-order chi connectivity index (χ0) is 14.0. The number of benzene rings is 1. The van der Waals surface area contributed by atoms with Crippen LogP contribution in [0.3, 0.4) is 0 Å². The van der Waals surface area contributed by atoms with E-state index < -0.39 is 0 Å². The van der Waals surface area contributed by atoms with Gasteiger partial charge in [0.05, 0.1) is 5.69 Å². The SMILES string of the molecule is CNc1nn(-c2ccc(O)c(C)c2)c(NC)c1NC. The Morgan fingerprint density at radius 3 is 2.37 bits per heavy atom. The molecule has 0 atom stereocenters. The summed E-state index contributed by atoms with van der Waals surface area (Å²) < 4.78 is 1.80. The maximum absolute atomic E-state index is 9.60. The van der Waals surface area contributed by atoms with E-state index in [1.165, 1.54) is 0 Å². The summed E-state index contributed by atoms with van der Waals surface area (Å²) in [6, 6.07) is 5.39. The van der Waals surface area contributed by atoms with E-state index >= 15 is 0 Å². The van der Waals surface area contributed by atoms with Crippen molar-refractivity contribution in [1.82, 2.24) is 9.78 Å². The van der Waals surface area contributed by atoms with E-state index in [0.717, 1.165) is 28.6 Å². The number of nitrogens with one attached hydrogen (secondary N) is 3. The highest BCUT2D eigenvalue weighted by Crippen LogP contribution is 2.32. The van der Waals surface area contributed by atoms with Gasteiger partial charge in [0, 0.05) is 21.1 Å². The van der Waals surface area contributed by atoms with Gasteiger partial charge in [-0.05, 0) is 30.7 Å². The Morgan fingerprint density at radius 2 is 1.84 bits per heavy atom. The van der Waals surface area contributed by atoms with E-state index in [4.69, 9.17) is 0 Å². The monoisotopic (exact) mass is 261 g/mol. The molecule has 1 aromatic heterocycles. The molecule has 0 amide bonds. The number of rotatable bonds is 4. The molecule has 1 aromatic carbocycles. The van der Waals surface area contributed by atoms with Gasteiger partial charge in [0.15, 0.2) is 11.6 Å². The summed E-state index contributed by atoms with van der Waals surface area (Å²) in [7, 11) is 5.53. The second kappa shape index (κ2) is 5.09. The Morgan fingerprint density at radius 1 is 1.11 bits per heavy atom. The summed E-state index contributed by atoms with van der Waals surface area (Å²) in [5.41, 5.74) is 2.60. The standard InChI is InChI=1S/C13H19N5O/c1-8-7-9(5-6-10(8)19)18-13(16-4)11(14-2)12(15-3)17-18/h5-7,14,16,19H,1-4H3,(H,15,17). The van der Waals surface area contributed by atoms with Crippen LogP contribution in [0.25, 0.3) is 5.69 Å².